The van der Waals surface area contributed by atoms with Crippen molar-refractivity contribution in [2.24, 2.45) is 0 Å². The predicted octanol–water partition coefficient (Wildman–Crippen LogP) is 3.86. The number of nitrogens with one attached hydrogen (secondary N) is 1. The van der Waals surface area contributed by atoms with Gasteiger partial charge in [-0.2, -0.15) is 0 Å². The predicted molar refractivity (Wildman–Crippen MR) is 169 cm³/mol. The molecule has 0 unspecified atom stereocenters. The molecular weight excluding hydrogens is 562 g/mol. The third-order valence-electron chi connectivity index (χ3n) is 7.13. The molecule has 0 aromatic heterocycles. The van der Waals surface area contributed by atoms with E-state index in [4.69, 9.17) is 4.42 Å². The molecule has 9 heteroatoms. The van der Waals surface area contributed by atoms with Crippen LogP contribution in [0.5, 0.6) is 0 Å². The normalized spacial score (nSPS) is 11.0. The molecule has 1 aliphatic carbocycles. The number of hydrogen-bond donors (Lipinski definition) is 1. The highest BCUT2D eigenvalue weighted by Crippen LogP contribution is 2.42. The van der Waals surface area contributed by atoms with E-state index in [-0.39, 0.29) is 22.8 Å². The van der Waals surface area contributed by atoms with Crippen molar-refractivity contribution in [2.45, 2.75) is 5.75 Å². The molecule has 3 aromatic carbocycles. The molecule has 3 aromatic rings. The summed E-state index contributed by atoms with van der Waals surface area (Å²) in [6, 6.07) is 25.5. The van der Waals surface area contributed by atoms with Gasteiger partial charge in [0.1, 0.15) is 25.4 Å². The SMILES string of the molecule is CN(C)c1ccc2c(-c3ccc(C(=O)NCC(=O)SCc4ccccc4)cc3C(=O)[O-])c3ccc(=[N+](C)C)cc-3oc2c1. The number of carbonyl (C=O) groups excluding carboxylic acids is 3. The van der Waals surface area contributed by atoms with Gasteiger partial charge in [-0.25, -0.2) is 4.58 Å². The van der Waals surface area contributed by atoms with Crippen LogP contribution in [-0.4, -0.2) is 51.7 Å². The number of aromatic carboxylic acids is 1. The molecule has 0 radical (unpaired) electrons. The van der Waals surface area contributed by atoms with E-state index in [0.29, 0.717) is 28.2 Å². The molecule has 0 saturated heterocycles. The highest BCUT2D eigenvalue weighted by Gasteiger charge is 2.22. The van der Waals surface area contributed by atoms with Gasteiger partial charge >= 0.3 is 0 Å². The van der Waals surface area contributed by atoms with Gasteiger partial charge < -0.3 is 24.5 Å². The van der Waals surface area contributed by atoms with Gasteiger partial charge in [-0.1, -0.05) is 48.2 Å². The maximum absolute atomic E-state index is 13.0. The summed E-state index contributed by atoms with van der Waals surface area (Å²) in [4.78, 5) is 39.8. The van der Waals surface area contributed by atoms with E-state index < -0.39 is 11.9 Å². The second-order valence-corrected chi connectivity index (χ2v) is 11.5. The van der Waals surface area contributed by atoms with E-state index in [1.54, 1.807) is 12.1 Å². The molecule has 1 heterocycles. The zero-order chi connectivity index (χ0) is 30.7. The quantitative estimate of drug-likeness (QED) is 0.215. The summed E-state index contributed by atoms with van der Waals surface area (Å²) >= 11 is 1.11. The van der Waals surface area contributed by atoms with E-state index >= 15 is 0 Å². The summed E-state index contributed by atoms with van der Waals surface area (Å²) < 4.78 is 8.30. The van der Waals surface area contributed by atoms with Crippen molar-refractivity contribution >= 4 is 45.4 Å². The fourth-order valence-corrected chi connectivity index (χ4v) is 5.52. The van der Waals surface area contributed by atoms with E-state index in [1.165, 1.54) is 6.07 Å². The number of hydrogen-bond acceptors (Lipinski definition) is 7. The van der Waals surface area contributed by atoms with Gasteiger partial charge in [0.05, 0.1) is 18.6 Å². The number of rotatable bonds is 8. The number of carboxylic acid groups (broad SMARTS) is 1. The maximum Gasteiger partial charge on any atom is 0.251 e. The first kappa shape index (κ1) is 29.6. The number of anilines is 1. The van der Waals surface area contributed by atoms with Crippen LogP contribution in [-0.2, 0) is 10.5 Å². The van der Waals surface area contributed by atoms with Crippen molar-refractivity contribution in [1.82, 2.24) is 9.89 Å². The first-order chi connectivity index (χ1) is 20.6. The van der Waals surface area contributed by atoms with Gasteiger partial charge in [-0.3, -0.25) is 9.59 Å². The molecule has 0 saturated carbocycles. The second kappa shape index (κ2) is 12.5. The Morgan fingerprint density at radius 2 is 1.65 bits per heavy atom. The van der Waals surface area contributed by atoms with Crippen molar-refractivity contribution < 1.29 is 23.9 Å². The highest BCUT2D eigenvalue weighted by atomic mass is 32.2. The molecular formula is C34H31N3O5S. The average molecular weight is 594 g/mol. The largest absolute Gasteiger partial charge is 0.545 e. The Morgan fingerprint density at radius 3 is 2.35 bits per heavy atom. The Morgan fingerprint density at radius 1 is 0.907 bits per heavy atom. The van der Waals surface area contributed by atoms with Gasteiger partial charge in [0.2, 0.25) is 10.5 Å². The van der Waals surface area contributed by atoms with Crippen LogP contribution in [0.3, 0.4) is 0 Å². The van der Waals surface area contributed by atoms with Crippen molar-refractivity contribution in [3.8, 4) is 22.5 Å². The Labute approximate surface area is 253 Å². The Hall–Kier alpha value is -4.89. The minimum absolute atomic E-state index is 0.114. The average Bonchev–Trinajstić information content (AvgIpc) is 3.01. The number of nitrogens with zero attached hydrogens (tertiary/aromatic N) is 2. The number of benzene rings is 4. The number of carboxylic acids is 1. The van der Waals surface area contributed by atoms with Crippen LogP contribution >= 0.6 is 11.8 Å². The maximum atomic E-state index is 13.0. The zero-order valence-corrected chi connectivity index (χ0v) is 25.2. The third-order valence-corrected chi connectivity index (χ3v) is 8.07. The molecule has 1 aliphatic heterocycles. The minimum Gasteiger partial charge on any atom is -0.545 e. The summed E-state index contributed by atoms with van der Waals surface area (Å²) in [5.41, 5.74) is 4.26. The van der Waals surface area contributed by atoms with Crippen LogP contribution in [0, 0.1) is 0 Å². The molecule has 0 spiro atoms. The summed E-state index contributed by atoms with van der Waals surface area (Å²) in [5, 5.41) is 16.5. The number of carbonyl (C=O) groups is 3. The van der Waals surface area contributed by atoms with E-state index in [0.717, 1.165) is 39.3 Å². The fourth-order valence-electron chi connectivity index (χ4n) is 4.83. The van der Waals surface area contributed by atoms with Gasteiger partial charge in [-0.05, 0) is 41.5 Å². The van der Waals surface area contributed by atoms with Crippen LogP contribution in [0.2, 0.25) is 0 Å². The lowest BCUT2D eigenvalue weighted by atomic mass is 9.89. The van der Waals surface area contributed by atoms with Crippen molar-refractivity contribution in [3.05, 3.63) is 107 Å². The van der Waals surface area contributed by atoms with Crippen molar-refractivity contribution in [3.63, 3.8) is 0 Å². The lowest BCUT2D eigenvalue weighted by Gasteiger charge is -2.20. The monoisotopic (exact) mass is 593 g/mol. The second-order valence-electron chi connectivity index (χ2n) is 10.5. The molecule has 218 valence electrons. The highest BCUT2D eigenvalue weighted by molar-refractivity contribution is 8.13. The first-order valence-electron chi connectivity index (χ1n) is 13.6. The molecule has 1 amide bonds. The minimum atomic E-state index is -1.42. The zero-order valence-electron chi connectivity index (χ0n) is 24.3. The van der Waals surface area contributed by atoms with Crippen LogP contribution in [0.1, 0.15) is 26.3 Å². The number of fused-ring (bicyclic) bond motifs is 2. The molecule has 2 aliphatic rings. The molecule has 1 N–H and O–H groups in total. The molecule has 0 bridgehead atoms. The Bertz CT molecular complexity index is 1890. The molecule has 0 fully saturated rings. The summed E-state index contributed by atoms with van der Waals surface area (Å²) in [7, 11) is 7.73. The van der Waals surface area contributed by atoms with Crippen LogP contribution in [0.15, 0.2) is 89.3 Å². The van der Waals surface area contributed by atoms with E-state index in [1.807, 2.05) is 104 Å². The summed E-state index contributed by atoms with van der Waals surface area (Å²) in [5.74, 6) is -0.888. The standard InChI is InChI=1S/C34H31N3O5S/c1-36(2)23-11-14-26-29(17-23)42-30-18-24(37(3)4)12-15-27(30)32(26)25-13-10-22(16-28(25)34(40)41)33(39)35-19-31(38)43-20-21-8-6-5-7-9-21/h5-18H,19-20H2,1-4H3,(H-,35,39,40,41). The van der Waals surface area contributed by atoms with E-state index in [9.17, 15) is 19.5 Å². The molecule has 0 atom stereocenters. The molecule has 8 nitrogen and oxygen atoms in total. The number of amides is 1. The summed E-state index contributed by atoms with van der Waals surface area (Å²) in [6.45, 7) is -0.184. The molecule has 43 heavy (non-hydrogen) atoms. The number of thioether (sulfide) groups is 1. The van der Waals surface area contributed by atoms with Gasteiger partial charge in [0.25, 0.3) is 5.91 Å². The lowest BCUT2D eigenvalue weighted by molar-refractivity contribution is -0.254. The topological polar surface area (TPSA) is 106 Å². The molecule has 5 rings (SSSR count). The lowest BCUT2D eigenvalue weighted by Crippen LogP contribution is -2.29. The van der Waals surface area contributed by atoms with Crippen LogP contribution in [0.4, 0.5) is 5.69 Å². The van der Waals surface area contributed by atoms with Crippen LogP contribution < -0.4 is 25.3 Å². The van der Waals surface area contributed by atoms with Crippen molar-refractivity contribution in [1.29, 1.82) is 0 Å². The Balaban J connectivity index is 1.52. The first-order valence-corrected chi connectivity index (χ1v) is 14.6. The van der Waals surface area contributed by atoms with Gasteiger partial charge in [-0.15, -0.1) is 0 Å². The summed E-state index contributed by atoms with van der Waals surface area (Å²) in [6.07, 6.45) is 0. The van der Waals surface area contributed by atoms with E-state index in [2.05, 4.69) is 5.32 Å². The smallest absolute Gasteiger partial charge is 0.251 e. The fraction of sp³-hybridized carbons (Fsp3) is 0.176. The van der Waals surface area contributed by atoms with Crippen LogP contribution in [0.25, 0.3) is 33.4 Å². The third kappa shape index (κ3) is 6.47. The van der Waals surface area contributed by atoms with Gasteiger partial charge in [0.15, 0.2) is 0 Å². The Kier molecular flexibility index (Phi) is 8.63. The van der Waals surface area contributed by atoms with Crippen molar-refractivity contribution in [2.75, 3.05) is 39.6 Å². The van der Waals surface area contributed by atoms with Gasteiger partial charge in [0, 0.05) is 65.3 Å².